The molecule has 2 amide bonds. The number of ether oxygens (including phenoxy) is 1. The van der Waals surface area contributed by atoms with Gasteiger partial charge in [-0.25, -0.2) is 9.69 Å². The molecule has 0 N–H and O–H groups in total. The Hall–Kier alpha value is -2.40. The first-order chi connectivity index (χ1) is 12.6. The summed E-state index contributed by atoms with van der Waals surface area (Å²) in [5.74, 6) is -0.256. The molecule has 2 atom stereocenters. The number of rotatable bonds is 6. The number of amides is 2. The number of halogens is 1. The van der Waals surface area contributed by atoms with Gasteiger partial charge in [0.25, 0.3) is 0 Å². The Bertz CT molecular complexity index is 789. The molecule has 1 aliphatic rings. The lowest BCUT2D eigenvalue weighted by Crippen LogP contribution is -2.35. The Labute approximate surface area is 161 Å². The van der Waals surface area contributed by atoms with Gasteiger partial charge in [0.1, 0.15) is 12.6 Å². The van der Waals surface area contributed by atoms with Gasteiger partial charge in [-0.1, -0.05) is 64.5 Å². The van der Waals surface area contributed by atoms with Crippen LogP contribution in [0.1, 0.15) is 35.9 Å². The minimum Gasteiger partial charge on any atom is -0.446 e. The second kappa shape index (κ2) is 8.32. The Morgan fingerprint density at radius 1 is 1.23 bits per heavy atom. The summed E-state index contributed by atoms with van der Waals surface area (Å²) in [7, 11) is 0. The van der Waals surface area contributed by atoms with E-state index in [1.165, 1.54) is 4.90 Å². The van der Waals surface area contributed by atoms with E-state index in [1.54, 1.807) is 6.08 Å². The monoisotopic (exact) mass is 413 g/mol. The summed E-state index contributed by atoms with van der Waals surface area (Å²) < 4.78 is 6.14. The molecule has 2 aromatic rings. The number of hydrogen-bond acceptors (Lipinski definition) is 3. The molecular weight excluding hydrogens is 394 g/mol. The fraction of sp³-hybridized carbons (Fsp3) is 0.238. The summed E-state index contributed by atoms with van der Waals surface area (Å²) in [6.45, 7) is 3.99. The molecule has 0 aromatic heterocycles. The van der Waals surface area contributed by atoms with E-state index in [1.807, 2.05) is 54.6 Å². The molecule has 134 valence electrons. The lowest BCUT2D eigenvalue weighted by atomic mass is 9.91. The lowest BCUT2D eigenvalue weighted by molar-refractivity contribution is -0.129. The zero-order valence-electron chi connectivity index (χ0n) is 14.3. The summed E-state index contributed by atoms with van der Waals surface area (Å²) in [4.78, 5) is 26.4. The Morgan fingerprint density at radius 2 is 1.92 bits per heavy atom. The lowest BCUT2D eigenvalue weighted by Gasteiger charge is -2.23. The van der Waals surface area contributed by atoms with E-state index >= 15 is 0 Å². The largest absolute Gasteiger partial charge is 0.446 e. The van der Waals surface area contributed by atoms with Crippen molar-refractivity contribution >= 4 is 27.9 Å². The second-order valence-electron chi connectivity index (χ2n) is 6.24. The first-order valence-electron chi connectivity index (χ1n) is 8.50. The third kappa shape index (κ3) is 4.05. The quantitative estimate of drug-likeness (QED) is 0.609. The summed E-state index contributed by atoms with van der Waals surface area (Å²) in [6.07, 6.45) is 2.12. The average Bonchev–Trinajstić information content (AvgIpc) is 3.04. The highest BCUT2D eigenvalue weighted by Crippen LogP contribution is 2.32. The van der Waals surface area contributed by atoms with Gasteiger partial charge in [-0.2, -0.15) is 0 Å². The number of carbonyl (C=O) groups excluding carboxylic acids is 2. The van der Waals surface area contributed by atoms with E-state index in [9.17, 15) is 9.59 Å². The van der Waals surface area contributed by atoms with Crippen LogP contribution in [0.15, 0.2) is 71.7 Å². The Balaban J connectivity index is 1.80. The number of cyclic esters (lactones) is 1. The molecule has 0 bridgehead atoms. The topological polar surface area (TPSA) is 46.6 Å². The van der Waals surface area contributed by atoms with Gasteiger partial charge in [-0.15, -0.1) is 6.58 Å². The highest BCUT2D eigenvalue weighted by molar-refractivity contribution is 9.10. The van der Waals surface area contributed by atoms with E-state index < -0.39 is 6.09 Å². The minimum absolute atomic E-state index is 0.0297. The molecule has 1 aliphatic heterocycles. The Morgan fingerprint density at radius 3 is 2.58 bits per heavy atom. The van der Waals surface area contributed by atoms with Gasteiger partial charge >= 0.3 is 6.09 Å². The van der Waals surface area contributed by atoms with E-state index in [2.05, 4.69) is 22.5 Å². The van der Waals surface area contributed by atoms with Crippen molar-refractivity contribution in [3.63, 3.8) is 0 Å². The molecule has 1 fully saturated rings. The van der Waals surface area contributed by atoms with E-state index in [4.69, 9.17) is 4.74 Å². The van der Waals surface area contributed by atoms with Gasteiger partial charge in [-0.3, -0.25) is 4.79 Å². The van der Waals surface area contributed by atoms with Crippen molar-refractivity contribution in [3.8, 4) is 0 Å². The molecule has 4 nitrogen and oxygen atoms in total. The maximum absolute atomic E-state index is 12.9. The smallest absolute Gasteiger partial charge is 0.417 e. The summed E-state index contributed by atoms with van der Waals surface area (Å²) in [5, 5.41) is 0. The van der Waals surface area contributed by atoms with Crippen LogP contribution in [0.4, 0.5) is 4.79 Å². The van der Waals surface area contributed by atoms with Crippen molar-refractivity contribution in [2.45, 2.75) is 24.8 Å². The third-order valence-electron chi connectivity index (χ3n) is 4.54. The van der Waals surface area contributed by atoms with Crippen LogP contribution in [-0.2, 0) is 9.53 Å². The fourth-order valence-electron chi connectivity index (χ4n) is 3.20. The van der Waals surface area contributed by atoms with Gasteiger partial charge in [0.05, 0.1) is 0 Å². The summed E-state index contributed by atoms with van der Waals surface area (Å²) in [6, 6.07) is 17.0. The standard InChI is InChI=1S/C21H20BrNO3/c1-2-6-17(15-9-11-18(22)12-10-15)13-20(24)23-19(14-26-21(23)25)16-7-4-3-5-8-16/h2-5,7-12,17,19H,1,6,13-14H2/t17-,19+/m1/s1. The molecular formula is C21H20BrNO3. The second-order valence-corrected chi connectivity index (χ2v) is 7.16. The first-order valence-corrected chi connectivity index (χ1v) is 9.29. The van der Waals surface area contributed by atoms with Gasteiger partial charge < -0.3 is 4.74 Å². The highest BCUT2D eigenvalue weighted by Gasteiger charge is 2.39. The maximum Gasteiger partial charge on any atom is 0.417 e. The molecule has 0 aliphatic carbocycles. The molecule has 26 heavy (non-hydrogen) atoms. The van der Waals surface area contributed by atoms with Crippen molar-refractivity contribution in [3.05, 3.63) is 82.9 Å². The summed E-state index contributed by atoms with van der Waals surface area (Å²) >= 11 is 3.42. The normalized spacial score (nSPS) is 17.7. The minimum atomic E-state index is -0.572. The molecule has 1 saturated heterocycles. The van der Waals surface area contributed by atoms with Crippen LogP contribution in [0.25, 0.3) is 0 Å². The molecule has 0 radical (unpaired) electrons. The van der Waals surface area contributed by atoms with Crippen LogP contribution in [0.2, 0.25) is 0 Å². The van der Waals surface area contributed by atoms with E-state index in [-0.39, 0.29) is 30.9 Å². The van der Waals surface area contributed by atoms with Crippen molar-refractivity contribution in [2.75, 3.05) is 6.61 Å². The van der Waals surface area contributed by atoms with Crippen LogP contribution < -0.4 is 0 Å². The van der Waals surface area contributed by atoms with E-state index in [0.717, 1.165) is 15.6 Å². The van der Waals surface area contributed by atoms with Gasteiger partial charge in [0, 0.05) is 10.9 Å². The van der Waals surface area contributed by atoms with Crippen LogP contribution in [0, 0.1) is 0 Å². The number of hydrogen-bond donors (Lipinski definition) is 0. The summed E-state index contributed by atoms with van der Waals surface area (Å²) in [5.41, 5.74) is 1.95. The van der Waals surface area contributed by atoms with Gasteiger partial charge in [0.2, 0.25) is 5.91 Å². The highest BCUT2D eigenvalue weighted by atomic mass is 79.9. The van der Waals surface area contributed by atoms with Crippen LogP contribution in [-0.4, -0.2) is 23.5 Å². The van der Waals surface area contributed by atoms with Crippen LogP contribution in [0.3, 0.4) is 0 Å². The van der Waals surface area contributed by atoms with Crippen molar-refractivity contribution < 1.29 is 14.3 Å². The predicted molar refractivity (Wildman–Crippen MR) is 104 cm³/mol. The maximum atomic E-state index is 12.9. The number of benzene rings is 2. The number of carbonyl (C=O) groups is 2. The van der Waals surface area contributed by atoms with Crippen LogP contribution in [0.5, 0.6) is 0 Å². The molecule has 0 unspecified atom stereocenters. The van der Waals surface area contributed by atoms with Crippen molar-refractivity contribution in [1.82, 2.24) is 4.90 Å². The molecule has 3 rings (SSSR count). The van der Waals surface area contributed by atoms with E-state index in [0.29, 0.717) is 6.42 Å². The predicted octanol–water partition coefficient (Wildman–Crippen LogP) is 5.22. The van der Waals surface area contributed by atoms with Crippen molar-refractivity contribution in [1.29, 1.82) is 0 Å². The first kappa shape index (κ1) is 18.4. The number of nitrogens with zero attached hydrogens (tertiary/aromatic N) is 1. The molecule has 0 saturated carbocycles. The zero-order valence-corrected chi connectivity index (χ0v) is 15.9. The molecule has 2 aromatic carbocycles. The molecule has 0 spiro atoms. The van der Waals surface area contributed by atoms with Gasteiger partial charge in [-0.05, 0) is 35.6 Å². The Kier molecular flexibility index (Phi) is 5.89. The van der Waals surface area contributed by atoms with Crippen molar-refractivity contribution in [2.24, 2.45) is 0 Å². The molecule has 1 heterocycles. The van der Waals surface area contributed by atoms with Gasteiger partial charge in [0.15, 0.2) is 0 Å². The molecule has 5 heteroatoms. The third-order valence-corrected chi connectivity index (χ3v) is 5.07. The number of imide groups is 1. The zero-order chi connectivity index (χ0) is 18.5. The SMILES string of the molecule is C=CC[C@H](CC(=O)N1C(=O)OC[C@H]1c1ccccc1)c1ccc(Br)cc1. The van der Waals surface area contributed by atoms with Crippen LogP contribution >= 0.6 is 15.9 Å². The average molecular weight is 414 g/mol. The fourth-order valence-corrected chi connectivity index (χ4v) is 3.46. The number of allylic oxidation sites excluding steroid dienone is 1.